The summed E-state index contributed by atoms with van der Waals surface area (Å²) in [6.07, 6.45) is 3.81. The fourth-order valence-electron chi connectivity index (χ4n) is 2.18. The minimum absolute atomic E-state index is 0. The largest absolute Gasteiger partial charge is 0.490 e. The van der Waals surface area contributed by atoms with Crippen LogP contribution in [0.5, 0.6) is 5.75 Å². The van der Waals surface area contributed by atoms with E-state index in [9.17, 15) is 4.79 Å². The molecule has 1 aromatic rings. The molecule has 106 valence electrons. The third kappa shape index (κ3) is 4.27. The molecule has 1 aromatic carbocycles. The molecular formula is C13H18Cl2N2O2. The van der Waals surface area contributed by atoms with Crippen molar-refractivity contribution in [2.45, 2.75) is 37.8 Å². The van der Waals surface area contributed by atoms with Gasteiger partial charge in [0.1, 0.15) is 5.75 Å². The number of rotatable bonds is 3. The molecule has 1 fully saturated rings. The molecule has 0 aromatic heterocycles. The van der Waals surface area contributed by atoms with Gasteiger partial charge in [0.15, 0.2) is 0 Å². The summed E-state index contributed by atoms with van der Waals surface area (Å²) >= 11 is 5.84. The van der Waals surface area contributed by atoms with Crippen molar-refractivity contribution in [2.24, 2.45) is 11.5 Å². The first-order valence-corrected chi connectivity index (χ1v) is 6.45. The van der Waals surface area contributed by atoms with Crippen LogP contribution < -0.4 is 16.2 Å². The number of hydrogen-bond acceptors (Lipinski definition) is 3. The van der Waals surface area contributed by atoms with E-state index in [4.69, 9.17) is 27.8 Å². The zero-order valence-corrected chi connectivity index (χ0v) is 12.0. The summed E-state index contributed by atoms with van der Waals surface area (Å²) in [5.41, 5.74) is 11.5. The van der Waals surface area contributed by atoms with E-state index in [0.717, 1.165) is 25.7 Å². The summed E-state index contributed by atoms with van der Waals surface area (Å²) in [6.45, 7) is 0. The Balaban J connectivity index is 0.00000180. The highest BCUT2D eigenvalue weighted by atomic mass is 35.5. The van der Waals surface area contributed by atoms with E-state index < -0.39 is 5.91 Å². The van der Waals surface area contributed by atoms with Gasteiger partial charge in [-0.1, -0.05) is 11.6 Å². The molecule has 1 saturated carbocycles. The van der Waals surface area contributed by atoms with Crippen LogP contribution in [0.25, 0.3) is 0 Å². The maximum absolute atomic E-state index is 11.3. The number of halogens is 2. The second kappa shape index (κ2) is 6.98. The Morgan fingerprint density at radius 1 is 1.26 bits per heavy atom. The third-order valence-corrected chi connectivity index (χ3v) is 3.45. The highest BCUT2D eigenvalue weighted by molar-refractivity contribution is 6.31. The molecule has 1 amide bonds. The second-order valence-corrected chi connectivity index (χ2v) is 5.10. The predicted octanol–water partition coefficient (Wildman–Crippen LogP) is 2.51. The third-order valence-electron chi connectivity index (χ3n) is 3.22. The van der Waals surface area contributed by atoms with Gasteiger partial charge in [0.2, 0.25) is 0 Å². The fourth-order valence-corrected chi connectivity index (χ4v) is 2.36. The Labute approximate surface area is 123 Å². The average molecular weight is 305 g/mol. The van der Waals surface area contributed by atoms with Gasteiger partial charge in [-0.2, -0.15) is 0 Å². The van der Waals surface area contributed by atoms with Gasteiger partial charge in [0.25, 0.3) is 5.91 Å². The number of nitrogens with two attached hydrogens (primary N) is 2. The summed E-state index contributed by atoms with van der Waals surface area (Å²) in [6, 6.07) is 5.19. The van der Waals surface area contributed by atoms with Gasteiger partial charge in [-0.3, -0.25) is 4.79 Å². The van der Waals surface area contributed by atoms with E-state index >= 15 is 0 Å². The van der Waals surface area contributed by atoms with Crippen molar-refractivity contribution in [3.63, 3.8) is 0 Å². The van der Waals surface area contributed by atoms with Crippen LogP contribution in [0, 0.1) is 0 Å². The van der Waals surface area contributed by atoms with Gasteiger partial charge in [0.05, 0.1) is 11.7 Å². The molecule has 0 radical (unpaired) electrons. The van der Waals surface area contributed by atoms with Crippen LogP contribution in [0.2, 0.25) is 5.02 Å². The molecule has 4 N–H and O–H groups in total. The quantitative estimate of drug-likeness (QED) is 0.900. The highest BCUT2D eigenvalue weighted by Crippen LogP contribution is 2.27. The van der Waals surface area contributed by atoms with Crippen molar-refractivity contribution in [2.75, 3.05) is 0 Å². The van der Waals surface area contributed by atoms with Crippen LogP contribution in [-0.4, -0.2) is 18.1 Å². The molecule has 1 aliphatic carbocycles. The highest BCUT2D eigenvalue weighted by Gasteiger charge is 2.21. The van der Waals surface area contributed by atoms with E-state index in [2.05, 4.69) is 0 Å². The lowest BCUT2D eigenvalue weighted by molar-refractivity contribution is 0.0986. The van der Waals surface area contributed by atoms with Gasteiger partial charge in [-0.15, -0.1) is 12.4 Å². The molecular weight excluding hydrogens is 287 g/mol. The van der Waals surface area contributed by atoms with Gasteiger partial charge in [0, 0.05) is 11.1 Å². The molecule has 0 aliphatic heterocycles. The first-order chi connectivity index (χ1) is 8.56. The molecule has 0 saturated heterocycles. The summed E-state index contributed by atoms with van der Waals surface area (Å²) in [5, 5.41) is 0.474. The summed E-state index contributed by atoms with van der Waals surface area (Å²) in [7, 11) is 0. The standard InChI is InChI=1S/C13H17ClN2O2.ClH/c14-8-1-6-12(11(7-8)13(16)17)18-10-4-2-9(15)3-5-10;/h1,6-7,9-10H,2-5,15H2,(H2,16,17);1H. The number of carbonyl (C=O) groups is 1. The number of ether oxygens (including phenoxy) is 1. The molecule has 1 aliphatic rings. The van der Waals surface area contributed by atoms with Crippen molar-refractivity contribution >= 4 is 29.9 Å². The lowest BCUT2D eigenvalue weighted by Crippen LogP contribution is -2.32. The Bertz CT molecular complexity index is 446. The van der Waals surface area contributed by atoms with E-state index in [0.29, 0.717) is 16.3 Å². The normalized spacial score (nSPS) is 22.4. The van der Waals surface area contributed by atoms with Crippen LogP contribution in [0.15, 0.2) is 18.2 Å². The van der Waals surface area contributed by atoms with E-state index in [1.54, 1.807) is 12.1 Å². The number of benzene rings is 1. The molecule has 2 rings (SSSR count). The molecule has 19 heavy (non-hydrogen) atoms. The van der Waals surface area contributed by atoms with E-state index in [-0.39, 0.29) is 24.6 Å². The molecule has 6 heteroatoms. The Hall–Kier alpha value is -0.970. The lowest BCUT2D eigenvalue weighted by Gasteiger charge is -2.27. The smallest absolute Gasteiger partial charge is 0.252 e. The van der Waals surface area contributed by atoms with Crippen molar-refractivity contribution in [3.05, 3.63) is 28.8 Å². The maximum Gasteiger partial charge on any atom is 0.252 e. The van der Waals surface area contributed by atoms with Crippen molar-refractivity contribution in [1.82, 2.24) is 0 Å². The zero-order valence-electron chi connectivity index (χ0n) is 10.5. The number of carbonyl (C=O) groups excluding carboxylic acids is 1. The van der Waals surface area contributed by atoms with Gasteiger partial charge in [-0.25, -0.2) is 0 Å². The minimum Gasteiger partial charge on any atom is -0.490 e. The maximum atomic E-state index is 11.3. The van der Waals surface area contributed by atoms with Crippen molar-refractivity contribution in [3.8, 4) is 5.75 Å². The van der Waals surface area contributed by atoms with Crippen LogP contribution >= 0.6 is 24.0 Å². The SMILES string of the molecule is Cl.NC(=O)c1cc(Cl)ccc1OC1CCC(N)CC1. The number of hydrogen-bond donors (Lipinski definition) is 2. The summed E-state index contributed by atoms with van der Waals surface area (Å²) < 4.78 is 5.84. The number of primary amides is 1. The molecule has 0 bridgehead atoms. The molecule has 0 heterocycles. The van der Waals surface area contributed by atoms with Crippen LogP contribution in [0.4, 0.5) is 0 Å². The van der Waals surface area contributed by atoms with Crippen molar-refractivity contribution in [1.29, 1.82) is 0 Å². The molecule has 4 nitrogen and oxygen atoms in total. The minimum atomic E-state index is -0.528. The average Bonchev–Trinajstić information content (AvgIpc) is 2.34. The fraction of sp³-hybridized carbons (Fsp3) is 0.462. The second-order valence-electron chi connectivity index (χ2n) is 4.66. The van der Waals surface area contributed by atoms with Crippen molar-refractivity contribution < 1.29 is 9.53 Å². The summed E-state index contributed by atoms with van der Waals surface area (Å²) in [5.74, 6) is -0.0209. The van der Waals surface area contributed by atoms with E-state index in [1.807, 2.05) is 0 Å². The Morgan fingerprint density at radius 2 is 1.89 bits per heavy atom. The molecule has 0 atom stereocenters. The predicted molar refractivity (Wildman–Crippen MR) is 78.1 cm³/mol. The first kappa shape index (κ1) is 16.1. The van der Waals surface area contributed by atoms with Crippen LogP contribution in [0.3, 0.4) is 0 Å². The zero-order chi connectivity index (χ0) is 13.1. The lowest BCUT2D eigenvalue weighted by atomic mass is 9.93. The Morgan fingerprint density at radius 3 is 2.47 bits per heavy atom. The summed E-state index contributed by atoms with van der Waals surface area (Å²) in [4.78, 5) is 11.3. The molecule has 0 unspecified atom stereocenters. The Kier molecular flexibility index (Phi) is 5.91. The van der Waals surface area contributed by atoms with Crippen LogP contribution in [-0.2, 0) is 0 Å². The van der Waals surface area contributed by atoms with Gasteiger partial charge >= 0.3 is 0 Å². The first-order valence-electron chi connectivity index (χ1n) is 6.08. The monoisotopic (exact) mass is 304 g/mol. The number of amides is 1. The van der Waals surface area contributed by atoms with Gasteiger partial charge < -0.3 is 16.2 Å². The topological polar surface area (TPSA) is 78.3 Å². The van der Waals surface area contributed by atoms with Gasteiger partial charge in [-0.05, 0) is 43.9 Å². The van der Waals surface area contributed by atoms with Crippen LogP contribution in [0.1, 0.15) is 36.0 Å². The van der Waals surface area contributed by atoms with E-state index in [1.165, 1.54) is 6.07 Å². The molecule has 0 spiro atoms.